The summed E-state index contributed by atoms with van der Waals surface area (Å²) in [4.78, 5) is 13.6. The van der Waals surface area contributed by atoms with Crippen molar-refractivity contribution in [3.05, 3.63) is 52.0 Å². The van der Waals surface area contributed by atoms with Crippen LogP contribution >= 0.6 is 11.3 Å². The average Bonchev–Trinajstić information content (AvgIpc) is 2.69. The van der Waals surface area contributed by atoms with Crippen molar-refractivity contribution in [3.8, 4) is 0 Å². The number of benzene rings is 1. The molecule has 0 radical (unpaired) electrons. The van der Waals surface area contributed by atoms with Crippen molar-refractivity contribution < 1.29 is 21.8 Å². The maximum Gasteiger partial charge on any atom is 0.230 e. The van der Waals surface area contributed by atoms with Crippen molar-refractivity contribution in [1.82, 2.24) is 0 Å². The fourth-order valence-corrected chi connectivity index (χ4v) is 2.72. The third-order valence-corrected chi connectivity index (χ3v) is 4.08. The third-order valence-electron chi connectivity index (χ3n) is 3.09. The Morgan fingerprint density at radius 1 is 1.22 bits per heavy atom. The number of aryl methyl sites for hydroxylation is 1. The Kier molecular flexibility index (Phi) is 5.05. The van der Waals surface area contributed by atoms with E-state index in [4.69, 9.17) is 0 Å². The van der Waals surface area contributed by atoms with Crippen LogP contribution in [0.4, 0.5) is 0 Å². The first-order valence-corrected chi connectivity index (χ1v) is 6.54. The van der Waals surface area contributed by atoms with Crippen molar-refractivity contribution in [3.63, 3.8) is 0 Å². The molecule has 1 unspecified atom stereocenters. The SMILES string of the molecule is Cc1sc[n+](C(C)C(=O)c2ccccc2)c1C.[Cl-]. The first kappa shape index (κ1) is 14.9. The zero-order valence-electron chi connectivity index (χ0n) is 10.7. The van der Waals surface area contributed by atoms with Gasteiger partial charge in [-0.05, 0) is 6.92 Å². The fourth-order valence-electron chi connectivity index (χ4n) is 1.83. The number of nitrogens with zero attached hydrogens (tertiary/aromatic N) is 1. The summed E-state index contributed by atoms with van der Waals surface area (Å²) in [6, 6.07) is 9.32. The molecule has 96 valence electrons. The number of ketones is 1. The number of halogens is 1. The van der Waals surface area contributed by atoms with Gasteiger partial charge in [-0.1, -0.05) is 41.7 Å². The second-order valence-corrected chi connectivity index (χ2v) is 5.24. The highest BCUT2D eigenvalue weighted by Gasteiger charge is 2.26. The quantitative estimate of drug-likeness (QED) is 0.578. The normalized spacial score (nSPS) is 11.7. The summed E-state index contributed by atoms with van der Waals surface area (Å²) in [5.74, 6) is 0.163. The third kappa shape index (κ3) is 2.79. The highest BCUT2D eigenvalue weighted by atomic mass is 35.5. The number of Topliss-reactive ketones (excluding diaryl/α,β-unsaturated/α-hetero) is 1. The number of thiazole rings is 1. The Morgan fingerprint density at radius 3 is 2.33 bits per heavy atom. The van der Waals surface area contributed by atoms with Gasteiger partial charge < -0.3 is 12.4 Å². The molecule has 1 aromatic carbocycles. The monoisotopic (exact) mass is 281 g/mol. The van der Waals surface area contributed by atoms with E-state index in [1.54, 1.807) is 11.3 Å². The van der Waals surface area contributed by atoms with Gasteiger partial charge in [0.1, 0.15) is 0 Å². The molecule has 0 N–H and O–H groups in total. The van der Waals surface area contributed by atoms with E-state index in [-0.39, 0.29) is 24.2 Å². The van der Waals surface area contributed by atoms with Gasteiger partial charge in [-0.2, -0.15) is 4.57 Å². The highest BCUT2D eigenvalue weighted by Crippen LogP contribution is 2.14. The first-order valence-electron chi connectivity index (χ1n) is 5.66. The lowest BCUT2D eigenvalue weighted by Crippen LogP contribution is -3.00. The van der Waals surface area contributed by atoms with Gasteiger partial charge >= 0.3 is 0 Å². The molecule has 1 aromatic heterocycles. The molecule has 0 spiro atoms. The van der Waals surface area contributed by atoms with Crippen LogP contribution in [0.5, 0.6) is 0 Å². The molecule has 2 nitrogen and oxygen atoms in total. The molecule has 4 heteroatoms. The van der Waals surface area contributed by atoms with E-state index in [1.807, 2.05) is 42.8 Å². The van der Waals surface area contributed by atoms with Gasteiger partial charge in [0.25, 0.3) is 0 Å². The Hall–Kier alpha value is -1.19. The van der Waals surface area contributed by atoms with Gasteiger partial charge in [0.2, 0.25) is 17.3 Å². The number of rotatable bonds is 3. The zero-order valence-corrected chi connectivity index (χ0v) is 12.3. The lowest BCUT2D eigenvalue weighted by molar-refractivity contribution is -0.705. The van der Waals surface area contributed by atoms with Crippen molar-refractivity contribution in [2.45, 2.75) is 26.8 Å². The molecular formula is C14H16ClNOS. The lowest BCUT2D eigenvalue weighted by Gasteiger charge is -2.05. The minimum atomic E-state index is -0.137. The van der Waals surface area contributed by atoms with E-state index in [2.05, 4.69) is 18.4 Å². The Morgan fingerprint density at radius 2 is 1.83 bits per heavy atom. The van der Waals surface area contributed by atoms with Gasteiger partial charge in [0.05, 0.1) is 4.88 Å². The maximum absolute atomic E-state index is 12.3. The van der Waals surface area contributed by atoms with Gasteiger partial charge in [0.15, 0.2) is 5.69 Å². The molecule has 0 amide bonds. The predicted octanol–water partition coefficient (Wildman–Crippen LogP) is 0.100. The van der Waals surface area contributed by atoms with Crippen LogP contribution in [0.25, 0.3) is 0 Å². The van der Waals surface area contributed by atoms with Crippen LogP contribution in [0.3, 0.4) is 0 Å². The molecule has 1 heterocycles. The van der Waals surface area contributed by atoms with Gasteiger partial charge in [0, 0.05) is 19.4 Å². The van der Waals surface area contributed by atoms with E-state index in [0.717, 1.165) is 5.56 Å². The zero-order chi connectivity index (χ0) is 12.4. The van der Waals surface area contributed by atoms with E-state index in [1.165, 1.54) is 10.6 Å². The minimum Gasteiger partial charge on any atom is -1.00 e. The van der Waals surface area contributed by atoms with Crippen LogP contribution in [0.2, 0.25) is 0 Å². The summed E-state index contributed by atoms with van der Waals surface area (Å²) < 4.78 is 2.05. The Bertz CT molecular complexity index is 536. The van der Waals surface area contributed by atoms with Crippen LogP contribution in [0, 0.1) is 13.8 Å². The number of hydrogen-bond acceptors (Lipinski definition) is 2. The summed E-state index contributed by atoms with van der Waals surface area (Å²) in [5.41, 5.74) is 3.97. The van der Waals surface area contributed by atoms with Crippen LogP contribution in [0.15, 0.2) is 35.8 Å². The van der Waals surface area contributed by atoms with Gasteiger partial charge in [-0.15, -0.1) is 0 Å². The molecule has 0 aliphatic heterocycles. The maximum atomic E-state index is 12.3. The molecular weight excluding hydrogens is 266 g/mol. The van der Waals surface area contributed by atoms with E-state index in [9.17, 15) is 4.79 Å². The summed E-state index contributed by atoms with van der Waals surface area (Å²) in [6.45, 7) is 6.09. The fraction of sp³-hybridized carbons (Fsp3) is 0.286. The molecule has 18 heavy (non-hydrogen) atoms. The smallest absolute Gasteiger partial charge is 0.230 e. The second kappa shape index (κ2) is 6.12. The summed E-state index contributed by atoms with van der Waals surface area (Å²) >= 11 is 1.68. The van der Waals surface area contributed by atoms with Crippen LogP contribution in [-0.4, -0.2) is 5.78 Å². The first-order chi connectivity index (χ1) is 8.11. The number of hydrogen-bond donors (Lipinski definition) is 0. The molecule has 0 bridgehead atoms. The molecule has 2 rings (SSSR count). The molecule has 0 saturated carbocycles. The largest absolute Gasteiger partial charge is 1.00 e. The summed E-state index contributed by atoms with van der Waals surface area (Å²) in [7, 11) is 0. The molecule has 0 saturated heterocycles. The van der Waals surface area contributed by atoms with Crippen LogP contribution < -0.4 is 17.0 Å². The number of carbonyl (C=O) groups is 1. The standard InChI is InChI=1S/C14H16NOS.ClH/c1-10-12(3)17-9-15(10)11(2)14(16)13-7-5-4-6-8-13;/h4-9,11H,1-3H3;1H/q+1;/p-1. The highest BCUT2D eigenvalue weighted by molar-refractivity contribution is 7.09. The van der Waals surface area contributed by atoms with E-state index >= 15 is 0 Å². The minimum absolute atomic E-state index is 0. The summed E-state index contributed by atoms with van der Waals surface area (Å²) in [5, 5.41) is 0. The predicted molar refractivity (Wildman–Crippen MR) is 69.5 cm³/mol. The average molecular weight is 282 g/mol. The summed E-state index contributed by atoms with van der Waals surface area (Å²) in [6.07, 6.45) is 0. The van der Waals surface area contributed by atoms with Crippen LogP contribution in [0.1, 0.15) is 33.9 Å². The lowest BCUT2D eigenvalue weighted by atomic mass is 10.1. The number of carbonyl (C=O) groups excluding carboxylic acids is 1. The van der Waals surface area contributed by atoms with Gasteiger partial charge in [-0.25, -0.2) is 0 Å². The van der Waals surface area contributed by atoms with Crippen molar-refractivity contribution in [2.24, 2.45) is 0 Å². The van der Waals surface area contributed by atoms with Crippen LogP contribution in [-0.2, 0) is 0 Å². The van der Waals surface area contributed by atoms with Crippen molar-refractivity contribution in [2.75, 3.05) is 0 Å². The number of aromatic nitrogens is 1. The molecule has 0 aliphatic carbocycles. The molecule has 2 aromatic rings. The Labute approximate surface area is 118 Å². The molecule has 1 atom stereocenters. The Balaban J connectivity index is 0.00000162. The topological polar surface area (TPSA) is 20.9 Å². The van der Waals surface area contributed by atoms with Crippen molar-refractivity contribution in [1.29, 1.82) is 0 Å². The molecule has 0 aliphatic rings. The molecule has 0 fully saturated rings. The van der Waals surface area contributed by atoms with Gasteiger partial charge in [-0.3, -0.25) is 4.79 Å². The van der Waals surface area contributed by atoms with Crippen molar-refractivity contribution >= 4 is 17.1 Å². The second-order valence-electron chi connectivity index (χ2n) is 4.18. The van der Waals surface area contributed by atoms with E-state index in [0.29, 0.717) is 0 Å². The van der Waals surface area contributed by atoms with E-state index < -0.39 is 0 Å².